The molecule has 0 amide bonds. The Morgan fingerprint density at radius 2 is 1.60 bits per heavy atom. The van der Waals surface area contributed by atoms with Crippen LogP contribution in [0.25, 0.3) is 11.3 Å². The Hall–Kier alpha value is -4.56. The number of anilines is 1. The molecule has 1 saturated heterocycles. The molecule has 8 heteroatoms. The number of H-pyrrole nitrogens is 1. The zero-order valence-corrected chi connectivity index (χ0v) is 23.4. The van der Waals surface area contributed by atoms with Gasteiger partial charge in [0.25, 0.3) is 5.56 Å². The Morgan fingerprint density at radius 3 is 2.19 bits per heavy atom. The van der Waals surface area contributed by atoms with Crippen LogP contribution in [0.5, 0.6) is 11.5 Å². The minimum absolute atomic E-state index is 0.253. The Balaban J connectivity index is 1.12. The van der Waals surface area contributed by atoms with Gasteiger partial charge in [0.2, 0.25) is 0 Å². The highest BCUT2D eigenvalue weighted by Gasteiger charge is 2.58. The largest absolute Gasteiger partial charge is 0.506 e. The average molecular weight is 564 g/mol. The molecule has 0 radical (unpaired) electrons. The number of fused-ring (bicyclic) bond motifs is 4. The summed E-state index contributed by atoms with van der Waals surface area (Å²) in [6, 6.07) is 27.8. The number of hydrogen-bond acceptors (Lipinski definition) is 6. The van der Waals surface area contributed by atoms with Crippen LogP contribution < -0.4 is 15.2 Å². The van der Waals surface area contributed by atoms with Crippen molar-refractivity contribution in [1.29, 1.82) is 0 Å². The molecule has 1 aliphatic carbocycles. The number of piperidine rings is 1. The van der Waals surface area contributed by atoms with E-state index in [1.54, 1.807) is 0 Å². The highest BCUT2D eigenvalue weighted by Crippen LogP contribution is 2.52. The van der Waals surface area contributed by atoms with E-state index in [4.69, 9.17) is 4.74 Å². The molecular formula is C34H33N3O5. The lowest BCUT2D eigenvalue weighted by molar-refractivity contribution is 0.0691. The molecular weight excluding hydrogens is 530 g/mol. The zero-order chi connectivity index (χ0) is 29.0. The van der Waals surface area contributed by atoms with Gasteiger partial charge in [0.1, 0.15) is 11.5 Å². The molecule has 1 saturated carbocycles. The summed E-state index contributed by atoms with van der Waals surface area (Å²) in [5.74, 6) is -0.479. The molecule has 3 aliphatic rings. The normalized spacial score (nSPS) is 22.1. The first-order valence-electron chi connectivity index (χ1n) is 14.5. The fourth-order valence-electron chi connectivity index (χ4n) is 6.98. The van der Waals surface area contributed by atoms with Gasteiger partial charge in [-0.25, -0.2) is 4.79 Å². The van der Waals surface area contributed by atoms with Crippen molar-refractivity contribution in [1.82, 2.24) is 9.88 Å². The fourth-order valence-corrected chi connectivity index (χ4v) is 6.98. The number of ether oxygens (including phenoxy) is 1. The maximum absolute atomic E-state index is 12.6. The molecule has 1 unspecified atom stereocenters. The maximum Gasteiger partial charge on any atom is 0.345 e. The van der Waals surface area contributed by atoms with Gasteiger partial charge in [-0.15, -0.1) is 0 Å². The number of nitrogens with one attached hydrogen (secondary N) is 1. The van der Waals surface area contributed by atoms with Crippen molar-refractivity contribution in [2.75, 3.05) is 24.6 Å². The number of carboxylic acids is 1. The summed E-state index contributed by atoms with van der Waals surface area (Å²) >= 11 is 0. The summed E-state index contributed by atoms with van der Waals surface area (Å²) in [6.07, 6.45) is 0. The third kappa shape index (κ3) is 4.61. The second-order valence-electron chi connectivity index (χ2n) is 11.8. The standard InChI is InChI=1S/C34H33N3O5/c1-20-19-42-27-14-23(12-13-24(27)30-28(20)32(38)29(34(40)41)33(39)35-30)36-17-25-26(18-36)31(25)37(15-21-8-4-2-5-9-21)16-22-10-6-3-7-11-22/h2-14,20,25-26,31H,15-19H2,1H3,(H,40,41)(H2,35,38,39)/t20?,25-,26+,31+. The SMILES string of the molecule is CC1COc2cc(N3C[C@@H]4[C@H](C3)[C@H]4N(Cc3ccccc3)Cc3ccccc3)ccc2-c2[nH]c(=O)c(C(=O)O)c(O)c21. The van der Waals surface area contributed by atoms with Crippen molar-refractivity contribution in [3.63, 3.8) is 0 Å². The predicted octanol–water partition coefficient (Wildman–Crippen LogP) is 5.08. The molecule has 42 heavy (non-hydrogen) atoms. The maximum atomic E-state index is 12.6. The fraction of sp³-hybridized carbons (Fsp3) is 0.294. The number of carboxylic acid groups (broad SMARTS) is 1. The van der Waals surface area contributed by atoms with Crippen LogP contribution in [0.3, 0.4) is 0 Å². The van der Waals surface area contributed by atoms with Gasteiger partial charge in [-0.05, 0) is 35.1 Å². The van der Waals surface area contributed by atoms with Gasteiger partial charge in [-0.3, -0.25) is 9.69 Å². The second-order valence-corrected chi connectivity index (χ2v) is 11.8. The van der Waals surface area contributed by atoms with Crippen LogP contribution in [0.1, 0.15) is 39.9 Å². The number of carbonyl (C=O) groups is 1. The van der Waals surface area contributed by atoms with Crippen LogP contribution in [-0.2, 0) is 13.1 Å². The molecule has 2 aliphatic heterocycles. The minimum atomic E-state index is -1.46. The lowest BCUT2D eigenvalue weighted by atomic mass is 9.94. The molecule has 4 aromatic rings. The number of pyridine rings is 1. The lowest BCUT2D eigenvalue weighted by Crippen LogP contribution is -2.34. The lowest BCUT2D eigenvalue weighted by Gasteiger charge is -2.29. The van der Waals surface area contributed by atoms with Crippen molar-refractivity contribution in [3.05, 3.63) is 111 Å². The number of aromatic amines is 1. The van der Waals surface area contributed by atoms with Crippen molar-refractivity contribution < 1.29 is 19.7 Å². The average Bonchev–Trinajstić information content (AvgIpc) is 3.52. The van der Waals surface area contributed by atoms with Gasteiger partial charge in [0.05, 0.1) is 12.3 Å². The highest BCUT2D eigenvalue weighted by molar-refractivity contribution is 5.92. The van der Waals surface area contributed by atoms with Crippen LogP contribution in [0.2, 0.25) is 0 Å². The van der Waals surface area contributed by atoms with Gasteiger partial charge in [-0.1, -0.05) is 67.6 Å². The van der Waals surface area contributed by atoms with E-state index in [1.165, 1.54) is 11.1 Å². The molecule has 0 bridgehead atoms. The molecule has 3 heterocycles. The first-order valence-corrected chi connectivity index (χ1v) is 14.5. The van der Waals surface area contributed by atoms with E-state index in [9.17, 15) is 19.8 Å². The van der Waals surface area contributed by atoms with E-state index in [2.05, 4.69) is 75.4 Å². The molecule has 214 valence electrons. The van der Waals surface area contributed by atoms with Crippen molar-refractivity contribution in [2.45, 2.75) is 32.0 Å². The number of benzene rings is 3. The number of rotatable bonds is 7. The number of aromatic carboxylic acids is 1. The topological polar surface area (TPSA) is 106 Å². The number of aromatic nitrogens is 1. The first kappa shape index (κ1) is 26.3. The van der Waals surface area contributed by atoms with Crippen molar-refractivity contribution >= 4 is 11.7 Å². The van der Waals surface area contributed by atoms with Gasteiger partial charge >= 0.3 is 5.97 Å². The van der Waals surface area contributed by atoms with Crippen LogP contribution in [0, 0.1) is 11.8 Å². The second kappa shape index (κ2) is 10.4. The number of aromatic hydroxyl groups is 1. The molecule has 1 aromatic heterocycles. The van der Waals surface area contributed by atoms with E-state index in [0.29, 0.717) is 40.4 Å². The third-order valence-corrected chi connectivity index (χ3v) is 9.05. The van der Waals surface area contributed by atoms with Gasteiger partial charge in [0, 0.05) is 61.0 Å². The van der Waals surface area contributed by atoms with Crippen LogP contribution in [0.4, 0.5) is 5.69 Å². The summed E-state index contributed by atoms with van der Waals surface area (Å²) in [6.45, 7) is 5.86. The first-order chi connectivity index (χ1) is 20.4. The van der Waals surface area contributed by atoms with E-state index in [1.807, 2.05) is 25.1 Å². The molecule has 3 N–H and O–H groups in total. The van der Waals surface area contributed by atoms with Crippen molar-refractivity contribution in [3.8, 4) is 22.8 Å². The Kier molecular flexibility index (Phi) is 6.50. The third-order valence-electron chi connectivity index (χ3n) is 9.05. The van der Waals surface area contributed by atoms with E-state index in [0.717, 1.165) is 31.9 Å². The summed E-state index contributed by atoms with van der Waals surface area (Å²) in [5, 5.41) is 20.2. The molecule has 8 nitrogen and oxygen atoms in total. The number of nitrogens with zero attached hydrogens (tertiary/aromatic N) is 2. The summed E-state index contributed by atoms with van der Waals surface area (Å²) in [5.41, 5.74) is 3.68. The molecule has 2 fully saturated rings. The zero-order valence-electron chi connectivity index (χ0n) is 23.4. The van der Waals surface area contributed by atoms with Crippen LogP contribution in [0.15, 0.2) is 83.7 Å². The molecule has 3 aromatic carbocycles. The summed E-state index contributed by atoms with van der Waals surface area (Å²) in [7, 11) is 0. The van der Waals surface area contributed by atoms with Gasteiger partial charge in [0.15, 0.2) is 5.56 Å². The molecule has 0 spiro atoms. The van der Waals surface area contributed by atoms with E-state index in [-0.39, 0.29) is 12.5 Å². The molecule has 7 rings (SSSR count). The monoisotopic (exact) mass is 563 g/mol. The van der Waals surface area contributed by atoms with Crippen LogP contribution >= 0.6 is 0 Å². The number of hydrogen-bond donors (Lipinski definition) is 3. The van der Waals surface area contributed by atoms with Crippen molar-refractivity contribution in [2.24, 2.45) is 11.8 Å². The quantitative estimate of drug-likeness (QED) is 0.288. The Bertz CT molecular complexity index is 1650. The minimum Gasteiger partial charge on any atom is -0.506 e. The van der Waals surface area contributed by atoms with E-state index < -0.39 is 22.8 Å². The summed E-state index contributed by atoms with van der Waals surface area (Å²) in [4.78, 5) is 31.9. The van der Waals surface area contributed by atoms with Crippen LogP contribution in [-0.4, -0.2) is 51.8 Å². The Morgan fingerprint density at radius 1 is 0.976 bits per heavy atom. The predicted molar refractivity (Wildman–Crippen MR) is 160 cm³/mol. The summed E-state index contributed by atoms with van der Waals surface area (Å²) < 4.78 is 6.15. The van der Waals surface area contributed by atoms with Gasteiger partial charge in [-0.2, -0.15) is 0 Å². The molecule has 4 atom stereocenters. The highest BCUT2D eigenvalue weighted by atomic mass is 16.5. The Labute approximate surface area is 243 Å². The van der Waals surface area contributed by atoms with Gasteiger partial charge < -0.3 is 24.8 Å². The smallest absolute Gasteiger partial charge is 0.345 e. The van der Waals surface area contributed by atoms with E-state index >= 15 is 0 Å².